The lowest BCUT2D eigenvalue weighted by Gasteiger charge is -2.18. The minimum atomic E-state index is -0.198. The van der Waals surface area contributed by atoms with E-state index in [-0.39, 0.29) is 23.7 Å². The molecule has 2 aliphatic rings. The van der Waals surface area contributed by atoms with E-state index >= 15 is 0 Å². The van der Waals surface area contributed by atoms with E-state index in [4.69, 9.17) is 0 Å². The van der Waals surface area contributed by atoms with Crippen molar-refractivity contribution in [1.82, 2.24) is 24.8 Å². The topological polar surface area (TPSA) is 79.3 Å². The highest BCUT2D eigenvalue weighted by Crippen LogP contribution is 2.33. The van der Waals surface area contributed by atoms with Gasteiger partial charge in [-0.3, -0.25) is 24.4 Å². The summed E-state index contributed by atoms with van der Waals surface area (Å²) in [5.74, 6) is 0.0699. The van der Waals surface area contributed by atoms with Crippen LogP contribution in [0.1, 0.15) is 5.56 Å². The zero-order chi connectivity index (χ0) is 16.7. The van der Waals surface area contributed by atoms with Crippen LogP contribution >= 0.6 is 0 Å². The molecule has 2 aromatic heterocycles. The van der Waals surface area contributed by atoms with Crippen LogP contribution in [0.15, 0.2) is 36.8 Å². The summed E-state index contributed by atoms with van der Waals surface area (Å²) in [6, 6.07) is 5.61. The number of hydrogen-bond donors (Lipinski definition) is 0. The van der Waals surface area contributed by atoms with Gasteiger partial charge in [-0.2, -0.15) is 0 Å². The van der Waals surface area contributed by atoms with E-state index in [1.54, 1.807) is 25.6 Å². The van der Waals surface area contributed by atoms with Gasteiger partial charge in [0.25, 0.3) is 0 Å². The predicted octanol–water partition coefficient (Wildman–Crippen LogP) is 0.585. The number of nitrogens with zero attached hydrogens (tertiary/aromatic N) is 5. The van der Waals surface area contributed by atoms with Crippen molar-refractivity contribution in [2.75, 3.05) is 20.1 Å². The smallest absolute Gasteiger partial charge is 0.234 e. The van der Waals surface area contributed by atoms with Crippen LogP contribution < -0.4 is 0 Å². The average Bonchev–Trinajstić information content (AvgIpc) is 3.12. The van der Waals surface area contributed by atoms with Crippen molar-refractivity contribution >= 4 is 11.8 Å². The summed E-state index contributed by atoms with van der Waals surface area (Å²) in [5, 5.41) is 0. The molecule has 0 radical (unpaired) electrons. The molecule has 7 heteroatoms. The predicted molar refractivity (Wildman–Crippen MR) is 85.3 cm³/mol. The molecule has 4 rings (SSSR count). The van der Waals surface area contributed by atoms with Gasteiger partial charge in [-0.05, 0) is 12.1 Å². The molecule has 2 aliphatic heterocycles. The van der Waals surface area contributed by atoms with Gasteiger partial charge in [0.05, 0.1) is 11.8 Å². The number of rotatable bonds is 3. The first-order valence-electron chi connectivity index (χ1n) is 7.89. The number of hydrogen-bond acceptors (Lipinski definition) is 6. The number of carbonyl (C=O) groups excluding carboxylic acids is 2. The van der Waals surface area contributed by atoms with Gasteiger partial charge in [-0.1, -0.05) is 6.07 Å². The maximum absolute atomic E-state index is 12.0. The molecule has 2 atom stereocenters. The largest absolute Gasteiger partial charge is 0.297 e. The number of amides is 2. The summed E-state index contributed by atoms with van der Waals surface area (Å²) < 4.78 is 0. The molecule has 122 valence electrons. The van der Waals surface area contributed by atoms with Gasteiger partial charge >= 0.3 is 0 Å². The van der Waals surface area contributed by atoms with E-state index in [0.29, 0.717) is 25.5 Å². The number of carbonyl (C=O) groups is 2. The first-order valence-corrected chi connectivity index (χ1v) is 7.89. The minimum Gasteiger partial charge on any atom is -0.297 e. The van der Waals surface area contributed by atoms with E-state index < -0.39 is 0 Å². The molecule has 2 amide bonds. The van der Waals surface area contributed by atoms with E-state index in [0.717, 1.165) is 11.3 Å². The maximum Gasteiger partial charge on any atom is 0.234 e. The third kappa shape index (κ3) is 2.46. The Morgan fingerprint density at radius 3 is 2.29 bits per heavy atom. The highest BCUT2D eigenvalue weighted by Gasteiger charge is 2.50. The fourth-order valence-corrected chi connectivity index (χ4v) is 3.44. The van der Waals surface area contributed by atoms with E-state index in [9.17, 15) is 9.59 Å². The molecule has 24 heavy (non-hydrogen) atoms. The first-order chi connectivity index (χ1) is 11.6. The first kappa shape index (κ1) is 14.9. The van der Waals surface area contributed by atoms with Crippen molar-refractivity contribution < 1.29 is 9.59 Å². The van der Waals surface area contributed by atoms with Crippen molar-refractivity contribution in [3.05, 3.63) is 42.4 Å². The summed E-state index contributed by atoms with van der Waals surface area (Å²) in [5.41, 5.74) is 1.70. The summed E-state index contributed by atoms with van der Waals surface area (Å²) in [6.07, 6.45) is 5.27. The summed E-state index contributed by atoms with van der Waals surface area (Å²) in [6.45, 7) is 1.86. The average molecular weight is 323 g/mol. The molecular weight excluding hydrogens is 306 g/mol. The van der Waals surface area contributed by atoms with Gasteiger partial charge in [0.2, 0.25) is 11.8 Å². The molecular formula is C17H17N5O2. The Labute approximate surface area is 139 Å². The van der Waals surface area contributed by atoms with Crippen molar-refractivity contribution in [2.45, 2.75) is 6.54 Å². The van der Waals surface area contributed by atoms with Crippen LogP contribution in [0.3, 0.4) is 0 Å². The van der Waals surface area contributed by atoms with Crippen molar-refractivity contribution in [2.24, 2.45) is 11.8 Å². The molecule has 4 heterocycles. The lowest BCUT2D eigenvalue weighted by molar-refractivity contribution is -0.138. The fraction of sp³-hybridized carbons (Fsp3) is 0.353. The molecule has 0 saturated carbocycles. The molecule has 0 N–H and O–H groups in total. The maximum atomic E-state index is 12.0. The fourth-order valence-electron chi connectivity index (χ4n) is 3.44. The zero-order valence-corrected chi connectivity index (χ0v) is 13.3. The molecule has 0 unspecified atom stereocenters. The van der Waals surface area contributed by atoms with Crippen molar-refractivity contribution in [1.29, 1.82) is 0 Å². The standard InChI is InChI=1S/C17H17N5O2/c1-21-16(23)12-9-22(10-13(12)17(21)24)8-11-6-19-15(20-7-11)14-4-2-3-5-18-14/h2-7,12-13H,8-10H2,1H3/t12-,13+. The Morgan fingerprint density at radius 2 is 1.71 bits per heavy atom. The molecule has 0 spiro atoms. The van der Waals surface area contributed by atoms with Gasteiger partial charge in [0, 0.05) is 50.8 Å². The van der Waals surface area contributed by atoms with Crippen LogP contribution in [0.4, 0.5) is 0 Å². The van der Waals surface area contributed by atoms with E-state index in [1.807, 2.05) is 18.2 Å². The normalized spacial score (nSPS) is 23.8. The van der Waals surface area contributed by atoms with Gasteiger partial charge in [0.1, 0.15) is 5.69 Å². The highest BCUT2D eigenvalue weighted by molar-refractivity contribution is 6.05. The van der Waals surface area contributed by atoms with Gasteiger partial charge < -0.3 is 0 Å². The quantitative estimate of drug-likeness (QED) is 0.769. The molecule has 0 aliphatic carbocycles. The Bertz CT molecular complexity index is 753. The zero-order valence-electron chi connectivity index (χ0n) is 13.3. The van der Waals surface area contributed by atoms with Crippen LogP contribution in [0, 0.1) is 11.8 Å². The second-order valence-corrected chi connectivity index (χ2v) is 6.27. The summed E-state index contributed by atoms with van der Waals surface area (Å²) in [4.78, 5) is 40.4. The second-order valence-electron chi connectivity index (χ2n) is 6.27. The summed E-state index contributed by atoms with van der Waals surface area (Å²) in [7, 11) is 1.57. The van der Waals surface area contributed by atoms with Crippen molar-refractivity contribution in [3.63, 3.8) is 0 Å². The van der Waals surface area contributed by atoms with Crippen LogP contribution in [0.25, 0.3) is 11.5 Å². The lowest BCUT2D eigenvalue weighted by atomic mass is 10.00. The van der Waals surface area contributed by atoms with E-state index in [2.05, 4.69) is 19.9 Å². The Kier molecular flexibility index (Phi) is 3.57. The van der Waals surface area contributed by atoms with Crippen LogP contribution in [-0.4, -0.2) is 56.7 Å². The molecule has 2 aromatic rings. The highest BCUT2D eigenvalue weighted by atomic mass is 16.2. The van der Waals surface area contributed by atoms with Gasteiger partial charge in [0.15, 0.2) is 5.82 Å². The third-order valence-corrected chi connectivity index (χ3v) is 4.70. The lowest BCUT2D eigenvalue weighted by Crippen LogP contribution is -2.33. The number of aromatic nitrogens is 3. The second kappa shape index (κ2) is 5.76. The van der Waals surface area contributed by atoms with E-state index in [1.165, 1.54) is 4.90 Å². The van der Waals surface area contributed by atoms with Gasteiger partial charge in [-0.15, -0.1) is 0 Å². The Hall–Kier alpha value is -2.67. The van der Waals surface area contributed by atoms with Crippen LogP contribution in [0.5, 0.6) is 0 Å². The number of pyridine rings is 1. The molecule has 2 saturated heterocycles. The number of imide groups is 1. The number of fused-ring (bicyclic) bond motifs is 1. The molecule has 0 bridgehead atoms. The number of likely N-dealkylation sites (tertiary alicyclic amines) is 2. The summed E-state index contributed by atoms with van der Waals surface area (Å²) >= 11 is 0. The third-order valence-electron chi connectivity index (χ3n) is 4.70. The minimum absolute atomic E-state index is 0.0609. The van der Waals surface area contributed by atoms with Crippen LogP contribution in [0.2, 0.25) is 0 Å². The Morgan fingerprint density at radius 1 is 1.04 bits per heavy atom. The van der Waals surface area contributed by atoms with Gasteiger partial charge in [-0.25, -0.2) is 9.97 Å². The molecule has 7 nitrogen and oxygen atoms in total. The molecule has 0 aromatic carbocycles. The van der Waals surface area contributed by atoms with Crippen LogP contribution in [-0.2, 0) is 16.1 Å². The SMILES string of the molecule is CN1C(=O)[C@H]2CN(Cc3cnc(-c4ccccn4)nc3)C[C@H]2C1=O. The molecule has 2 fully saturated rings. The Balaban J connectivity index is 1.44. The van der Waals surface area contributed by atoms with Crippen molar-refractivity contribution in [3.8, 4) is 11.5 Å². The monoisotopic (exact) mass is 323 g/mol.